The molecule has 7 heteroatoms. The molecule has 1 atom stereocenters. The molecule has 1 saturated heterocycles. The molecular weight excluding hydrogens is 394 g/mol. The van der Waals surface area contributed by atoms with Crippen LogP contribution in [0.5, 0.6) is 11.5 Å². The summed E-state index contributed by atoms with van der Waals surface area (Å²) in [4.78, 5) is 38.4. The normalized spacial score (nSPS) is 15.7. The van der Waals surface area contributed by atoms with Gasteiger partial charge in [-0.05, 0) is 42.0 Å². The van der Waals surface area contributed by atoms with Crippen molar-refractivity contribution in [3.63, 3.8) is 0 Å². The predicted octanol–water partition coefficient (Wildman–Crippen LogP) is 2.97. The van der Waals surface area contributed by atoms with Gasteiger partial charge < -0.3 is 4.74 Å². The van der Waals surface area contributed by atoms with Crippen LogP contribution in [0.3, 0.4) is 0 Å². The van der Waals surface area contributed by atoms with E-state index in [-0.39, 0.29) is 24.7 Å². The third-order valence-electron chi connectivity index (χ3n) is 4.81. The van der Waals surface area contributed by atoms with Crippen LogP contribution in [-0.2, 0) is 20.8 Å². The van der Waals surface area contributed by atoms with E-state index in [9.17, 15) is 14.4 Å². The molecule has 0 radical (unpaired) electrons. The first-order chi connectivity index (χ1) is 15.1. The number of rotatable bonds is 7. The van der Waals surface area contributed by atoms with Crippen LogP contribution in [0.1, 0.15) is 12.0 Å². The average molecular weight is 415 g/mol. The SMILES string of the molecule is O=C(Cc1ccccc1)NN[C@H]1CC(=O)N(c2ccc(Oc3ccccc3)cc2)C1=O. The summed E-state index contributed by atoms with van der Waals surface area (Å²) < 4.78 is 5.74. The molecule has 7 nitrogen and oxygen atoms in total. The minimum Gasteiger partial charge on any atom is -0.457 e. The van der Waals surface area contributed by atoms with E-state index in [0.29, 0.717) is 17.2 Å². The van der Waals surface area contributed by atoms with Crippen LogP contribution in [0.15, 0.2) is 84.9 Å². The minimum atomic E-state index is -0.813. The average Bonchev–Trinajstić information content (AvgIpc) is 3.07. The third kappa shape index (κ3) is 4.96. The van der Waals surface area contributed by atoms with Gasteiger partial charge in [0, 0.05) is 0 Å². The molecular formula is C24H21N3O4. The Labute approximate surface area is 179 Å². The molecule has 4 rings (SSSR count). The van der Waals surface area contributed by atoms with E-state index in [4.69, 9.17) is 4.74 Å². The molecule has 1 aliphatic heterocycles. The molecule has 3 amide bonds. The smallest absolute Gasteiger partial charge is 0.253 e. The van der Waals surface area contributed by atoms with Gasteiger partial charge in [0.2, 0.25) is 11.8 Å². The van der Waals surface area contributed by atoms with Gasteiger partial charge in [-0.25, -0.2) is 10.3 Å². The molecule has 1 aliphatic rings. The fourth-order valence-corrected chi connectivity index (χ4v) is 3.30. The first-order valence-electron chi connectivity index (χ1n) is 9.88. The molecule has 1 fully saturated rings. The summed E-state index contributed by atoms with van der Waals surface area (Å²) in [6, 6.07) is 24.5. The number of hydrogen-bond acceptors (Lipinski definition) is 5. The topological polar surface area (TPSA) is 87.7 Å². The summed E-state index contributed by atoms with van der Waals surface area (Å²) >= 11 is 0. The van der Waals surface area contributed by atoms with E-state index in [0.717, 1.165) is 10.5 Å². The lowest BCUT2D eigenvalue weighted by Crippen LogP contribution is -2.48. The molecule has 0 bridgehead atoms. The summed E-state index contributed by atoms with van der Waals surface area (Å²) in [5.74, 6) is 0.251. The molecule has 0 unspecified atom stereocenters. The van der Waals surface area contributed by atoms with Crippen molar-refractivity contribution in [3.8, 4) is 11.5 Å². The monoisotopic (exact) mass is 415 g/mol. The summed E-state index contributed by atoms with van der Waals surface area (Å²) in [5, 5.41) is 0. The van der Waals surface area contributed by atoms with E-state index in [1.165, 1.54) is 0 Å². The highest BCUT2D eigenvalue weighted by Gasteiger charge is 2.39. The maximum absolute atomic E-state index is 12.7. The predicted molar refractivity (Wildman–Crippen MR) is 115 cm³/mol. The minimum absolute atomic E-state index is 0.0350. The molecule has 156 valence electrons. The van der Waals surface area contributed by atoms with Crippen molar-refractivity contribution in [1.29, 1.82) is 0 Å². The summed E-state index contributed by atoms with van der Waals surface area (Å²) in [6.45, 7) is 0. The standard InChI is InChI=1S/C24H21N3O4/c28-22(15-17-7-3-1-4-8-17)26-25-21-16-23(29)27(24(21)30)18-11-13-20(14-12-18)31-19-9-5-2-6-10-19/h1-14,21,25H,15-16H2,(H,26,28)/t21-/m0/s1. The Kier molecular flexibility index (Phi) is 6.05. The largest absolute Gasteiger partial charge is 0.457 e. The van der Waals surface area contributed by atoms with Gasteiger partial charge in [0.25, 0.3) is 5.91 Å². The fraction of sp³-hybridized carbons (Fsp3) is 0.125. The van der Waals surface area contributed by atoms with Crippen LogP contribution in [-0.4, -0.2) is 23.8 Å². The number of nitrogens with one attached hydrogen (secondary N) is 2. The summed E-state index contributed by atoms with van der Waals surface area (Å²) in [5.41, 5.74) is 6.52. The molecule has 1 heterocycles. The summed E-state index contributed by atoms with van der Waals surface area (Å²) in [6.07, 6.45) is 0.141. The van der Waals surface area contributed by atoms with Crippen molar-refractivity contribution in [2.45, 2.75) is 18.9 Å². The Morgan fingerprint density at radius 1 is 0.871 bits per heavy atom. The van der Waals surface area contributed by atoms with Crippen molar-refractivity contribution in [1.82, 2.24) is 10.9 Å². The number of ether oxygens (including phenoxy) is 1. The first-order valence-corrected chi connectivity index (χ1v) is 9.88. The first kappa shape index (κ1) is 20.3. The molecule has 0 saturated carbocycles. The molecule has 3 aromatic carbocycles. The second-order valence-corrected chi connectivity index (χ2v) is 7.09. The van der Waals surface area contributed by atoms with Crippen molar-refractivity contribution >= 4 is 23.4 Å². The van der Waals surface area contributed by atoms with Crippen LogP contribution in [0.25, 0.3) is 0 Å². The van der Waals surface area contributed by atoms with Crippen LogP contribution >= 0.6 is 0 Å². The van der Waals surface area contributed by atoms with Gasteiger partial charge >= 0.3 is 0 Å². The Morgan fingerprint density at radius 3 is 2.16 bits per heavy atom. The molecule has 3 aromatic rings. The number of amides is 3. The van der Waals surface area contributed by atoms with Crippen LogP contribution in [0.2, 0.25) is 0 Å². The van der Waals surface area contributed by atoms with Gasteiger partial charge in [0.15, 0.2) is 0 Å². The second-order valence-electron chi connectivity index (χ2n) is 7.09. The van der Waals surface area contributed by atoms with Gasteiger partial charge in [0.05, 0.1) is 18.5 Å². The Bertz CT molecular complexity index is 1070. The maximum atomic E-state index is 12.7. The quantitative estimate of drug-likeness (QED) is 0.458. The molecule has 2 N–H and O–H groups in total. The number of anilines is 1. The highest BCUT2D eigenvalue weighted by molar-refractivity contribution is 6.22. The van der Waals surface area contributed by atoms with Crippen LogP contribution in [0, 0.1) is 0 Å². The van der Waals surface area contributed by atoms with Gasteiger partial charge in [0.1, 0.15) is 17.5 Å². The van der Waals surface area contributed by atoms with Gasteiger partial charge in [-0.1, -0.05) is 48.5 Å². The highest BCUT2D eigenvalue weighted by atomic mass is 16.5. The Morgan fingerprint density at radius 2 is 1.48 bits per heavy atom. The number of hydrogen-bond donors (Lipinski definition) is 2. The number of carbonyl (C=O) groups excluding carboxylic acids is 3. The number of benzene rings is 3. The molecule has 0 aromatic heterocycles. The van der Waals surface area contributed by atoms with E-state index < -0.39 is 11.9 Å². The lowest BCUT2D eigenvalue weighted by atomic mass is 10.1. The molecule has 0 aliphatic carbocycles. The Balaban J connectivity index is 1.35. The van der Waals surface area contributed by atoms with Gasteiger partial charge in [-0.3, -0.25) is 19.8 Å². The lowest BCUT2D eigenvalue weighted by molar-refractivity contribution is -0.122. The van der Waals surface area contributed by atoms with Crippen molar-refractivity contribution in [2.75, 3.05) is 4.90 Å². The molecule has 0 spiro atoms. The van der Waals surface area contributed by atoms with Crippen LogP contribution < -0.4 is 20.5 Å². The second kappa shape index (κ2) is 9.23. The number of carbonyl (C=O) groups is 3. The highest BCUT2D eigenvalue weighted by Crippen LogP contribution is 2.27. The number of para-hydroxylation sites is 1. The molecule has 31 heavy (non-hydrogen) atoms. The zero-order chi connectivity index (χ0) is 21.6. The van der Waals surface area contributed by atoms with Gasteiger partial charge in [-0.15, -0.1) is 0 Å². The third-order valence-corrected chi connectivity index (χ3v) is 4.81. The van der Waals surface area contributed by atoms with E-state index in [1.54, 1.807) is 24.3 Å². The Hall–Kier alpha value is -3.97. The number of imide groups is 1. The van der Waals surface area contributed by atoms with Crippen LogP contribution in [0.4, 0.5) is 5.69 Å². The van der Waals surface area contributed by atoms with Crippen molar-refractivity contribution < 1.29 is 19.1 Å². The maximum Gasteiger partial charge on any atom is 0.253 e. The zero-order valence-electron chi connectivity index (χ0n) is 16.7. The van der Waals surface area contributed by atoms with Crippen molar-refractivity contribution in [3.05, 3.63) is 90.5 Å². The number of nitrogens with zero attached hydrogens (tertiary/aromatic N) is 1. The number of hydrazine groups is 1. The van der Waals surface area contributed by atoms with Crippen molar-refractivity contribution in [2.24, 2.45) is 0 Å². The van der Waals surface area contributed by atoms with E-state index >= 15 is 0 Å². The lowest BCUT2D eigenvalue weighted by Gasteiger charge is -2.16. The summed E-state index contributed by atoms with van der Waals surface area (Å²) in [7, 11) is 0. The van der Waals surface area contributed by atoms with E-state index in [1.807, 2.05) is 60.7 Å². The fourth-order valence-electron chi connectivity index (χ4n) is 3.30. The van der Waals surface area contributed by atoms with Gasteiger partial charge in [-0.2, -0.15) is 0 Å². The van der Waals surface area contributed by atoms with E-state index in [2.05, 4.69) is 10.9 Å². The zero-order valence-corrected chi connectivity index (χ0v) is 16.7.